The summed E-state index contributed by atoms with van der Waals surface area (Å²) in [5, 5.41) is 0. The van der Waals surface area contributed by atoms with E-state index in [2.05, 4.69) is 4.98 Å². The molecule has 0 bridgehead atoms. The Kier molecular flexibility index (Phi) is 6.24. The zero-order chi connectivity index (χ0) is 22.0. The van der Waals surface area contributed by atoms with Gasteiger partial charge in [-0.25, -0.2) is 13.4 Å². The van der Waals surface area contributed by atoms with Crippen LogP contribution in [0.2, 0.25) is 0 Å². The Morgan fingerprint density at radius 2 is 1.71 bits per heavy atom. The molecule has 1 aromatic carbocycles. The lowest BCUT2D eigenvalue weighted by molar-refractivity contribution is -0.137. The summed E-state index contributed by atoms with van der Waals surface area (Å²) in [6.07, 6.45) is 4.02. The Hall–Kier alpha value is -2.52. The van der Waals surface area contributed by atoms with Gasteiger partial charge in [0.25, 0.3) is 0 Å². The largest absolute Gasteiger partial charge is 0.481 e. The molecule has 8 nitrogen and oxygen atoms in total. The monoisotopic (exact) mass is 444 g/mol. The highest BCUT2D eigenvalue weighted by Gasteiger charge is 2.32. The van der Waals surface area contributed by atoms with Crippen molar-refractivity contribution in [1.82, 2.24) is 19.2 Å². The van der Waals surface area contributed by atoms with Crippen molar-refractivity contribution in [3.63, 3.8) is 0 Å². The molecule has 1 saturated heterocycles. The van der Waals surface area contributed by atoms with Crippen LogP contribution in [0.15, 0.2) is 30.3 Å². The lowest BCUT2D eigenvalue weighted by Crippen LogP contribution is -2.51. The van der Waals surface area contributed by atoms with Crippen LogP contribution in [0.1, 0.15) is 24.1 Å². The third-order valence-corrected chi connectivity index (χ3v) is 7.42. The maximum absolute atomic E-state index is 13.1. The van der Waals surface area contributed by atoms with Crippen LogP contribution in [-0.2, 0) is 27.7 Å². The number of nitrogens with zero attached hydrogens (tertiary/aromatic N) is 4. The number of aryl methyl sites for hydroxylation is 1. The van der Waals surface area contributed by atoms with E-state index in [9.17, 15) is 13.2 Å². The molecule has 0 spiro atoms. The fourth-order valence-electron chi connectivity index (χ4n) is 4.37. The van der Waals surface area contributed by atoms with Crippen molar-refractivity contribution in [3.05, 3.63) is 41.6 Å². The average Bonchev–Trinajstić information content (AvgIpc) is 3.01. The summed E-state index contributed by atoms with van der Waals surface area (Å²) in [7, 11) is -1.59. The van der Waals surface area contributed by atoms with Crippen LogP contribution >= 0.6 is 0 Å². The van der Waals surface area contributed by atoms with Gasteiger partial charge in [0.15, 0.2) is 5.82 Å². The number of rotatable bonds is 4. The lowest BCUT2D eigenvalue weighted by atomic mass is 9.97. The number of methoxy groups -OCH3 is 1. The number of carbonyl (C=O) groups excluding carboxylic acids is 1. The third-order valence-electron chi connectivity index (χ3n) is 6.12. The van der Waals surface area contributed by atoms with E-state index >= 15 is 0 Å². The van der Waals surface area contributed by atoms with E-state index in [4.69, 9.17) is 9.72 Å². The molecule has 2 aliphatic rings. The molecule has 1 unspecified atom stereocenters. The summed E-state index contributed by atoms with van der Waals surface area (Å²) in [6.45, 7) is 1.60. The van der Waals surface area contributed by atoms with E-state index in [1.807, 2.05) is 30.3 Å². The van der Waals surface area contributed by atoms with E-state index < -0.39 is 10.0 Å². The molecule has 1 atom stereocenters. The molecule has 0 N–H and O–H groups in total. The smallest absolute Gasteiger partial charge is 0.225 e. The molecule has 2 aromatic rings. The second kappa shape index (κ2) is 8.92. The third kappa shape index (κ3) is 4.72. The van der Waals surface area contributed by atoms with Gasteiger partial charge in [-0.2, -0.15) is 9.29 Å². The fraction of sp³-hybridized carbons (Fsp3) is 0.500. The molecule has 1 aliphatic heterocycles. The van der Waals surface area contributed by atoms with Crippen molar-refractivity contribution >= 4 is 15.9 Å². The van der Waals surface area contributed by atoms with Gasteiger partial charge in [0, 0.05) is 43.2 Å². The molecular weight excluding hydrogens is 416 g/mol. The molecule has 0 radical (unpaired) electrons. The normalized spacial score (nSPS) is 20.1. The maximum atomic E-state index is 13.1. The van der Waals surface area contributed by atoms with Gasteiger partial charge in [0.2, 0.25) is 21.8 Å². The quantitative estimate of drug-likeness (QED) is 0.667. The van der Waals surface area contributed by atoms with Crippen LogP contribution < -0.4 is 4.74 Å². The fourth-order valence-corrected chi connectivity index (χ4v) is 5.20. The predicted molar refractivity (Wildman–Crippen MR) is 117 cm³/mol. The van der Waals surface area contributed by atoms with Gasteiger partial charge < -0.3 is 9.64 Å². The van der Waals surface area contributed by atoms with Crippen molar-refractivity contribution in [2.24, 2.45) is 5.92 Å². The van der Waals surface area contributed by atoms with E-state index in [0.29, 0.717) is 63.6 Å². The summed E-state index contributed by atoms with van der Waals surface area (Å²) in [6, 6.07) is 9.81. The van der Waals surface area contributed by atoms with E-state index in [1.54, 1.807) is 12.0 Å². The maximum Gasteiger partial charge on any atom is 0.225 e. The molecule has 166 valence electrons. The Bertz CT molecular complexity index is 1050. The number of fused-ring (bicyclic) bond motifs is 1. The van der Waals surface area contributed by atoms with Crippen molar-refractivity contribution in [1.29, 1.82) is 0 Å². The van der Waals surface area contributed by atoms with E-state index in [-0.39, 0.29) is 11.8 Å². The first-order valence-electron chi connectivity index (χ1n) is 10.6. The van der Waals surface area contributed by atoms with Gasteiger partial charge in [0.05, 0.1) is 19.1 Å². The topological polar surface area (TPSA) is 92.7 Å². The van der Waals surface area contributed by atoms with E-state index in [0.717, 1.165) is 16.8 Å². The summed E-state index contributed by atoms with van der Waals surface area (Å²) < 4.78 is 30.5. The van der Waals surface area contributed by atoms with Crippen molar-refractivity contribution in [3.8, 4) is 17.3 Å². The number of carbonyl (C=O) groups is 1. The minimum absolute atomic E-state index is 0.108. The predicted octanol–water partition coefficient (Wildman–Crippen LogP) is 1.75. The zero-order valence-corrected chi connectivity index (χ0v) is 18.8. The summed E-state index contributed by atoms with van der Waals surface area (Å²) in [5.74, 6) is 1.22. The number of amides is 1. The van der Waals surface area contributed by atoms with E-state index in [1.165, 1.54) is 10.6 Å². The molecule has 4 rings (SSSR count). The second-order valence-corrected chi connectivity index (χ2v) is 10.1. The van der Waals surface area contributed by atoms with Gasteiger partial charge in [-0.15, -0.1) is 0 Å². The molecule has 1 aliphatic carbocycles. The van der Waals surface area contributed by atoms with Crippen molar-refractivity contribution in [2.75, 3.05) is 39.5 Å². The SMILES string of the molecule is COc1nc(-c2ccccc2)nc2c1CCC(C(=O)N1CCN(S(C)(=O)=O)CC1)CC2. The number of benzene rings is 1. The van der Waals surface area contributed by atoms with Crippen LogP contribution in [0.25, 0.3) is 11.4 Å². The Morgan fingerprint density at radius 3 is 2.35 bits per heavy atom. The highest BCUT2D eigenvalue weighted by Crippen LogP contribution is 2.32. The summed E-state index contributed by atoms with van der Waals surface area (Å²) >= 11 is 0. The van der Waals surface area contributed by atoms with Crippen LogP contribution in [0.5, 0.6) is 5.88 Å². The standard InChI is InChI=1S/C22H28N4O4S/c1-30-21-18-10-8-17(22(27)25-12-14-26(15-13-25)31(2,28)29)9-11-19(18)23-20(24-21)16-6-4-3-5-7-16/h3-7,17H,8-15H2,1-2H3. The first-order valence-corrected chi connectivity index (χ1v) is 12.4. The Labute approximate surface area is 183 Å². The number of aromatic nitrogens is 2. The van der Waals surface area contributed by atoms with Gasteiger partial charge in [-0.3, -0.25) is 4.79 Å². The van der Waals surface area contributed by atoms with Crippen LogP contribution in [0.3, 0.4) is 0 Å². The molecule has 31 heavy (non-hydrogen) atoms. The van der Waals surface area contributed by atoms with Crippen molar-refractivity contribution in [2.45, 2.75) is 25.7 Å². The van der Waals surface area contributed by atoms with Gasteiger partial charge in [0.1, 0.15) is 0 Å². The molecular formula is C22H28N4O4S. The number of sulfonamides is 1. The van der Waals surface area contributed by atoms with Crippen molar-refractivity contribution < 1.29 is 17.9 Å². The number of ether oxygens (including phenoxy) is 1. The molecule has 1 aromatic heterocycles. The number of hydrogen-bond donors (Lipinski definition) is 0. The number of piperazine rings is 1. The van der Waals surface area contributed by atoms with Crippen LogP contribution in [0.4, 0.5) is 0 Å². The minimum atomic E-state index is -3.21. The first-order chi connectivity index (χ1) is 14.9. The average molecular weight is 445 g/mol. The highest BCUT2D eigenvalue weighted by molar-refractivity contribution is 7.88. The Morgan fingerprint density at radius 1 is 1.03 bits per heavy atom. The minimum Gasteiger partial charge on any atom is -0.481 e. The molecule has 0 saturated carbocycles. The molecule has 1 fully saturated rings. The zero-order valence-electron chi connectivity index (χ0n) is 18.0. The highest BCUT2D eigenvalue weighted by atomic mass is 32.2. The Balaban J connectivity index is 1.48. The molecule has 1 amide bonds. The second-order valence-electron chi connectivity index (χ2n) is 8.11. The summed E-state index contributed by atoms with van der Waals surface area (Å²) in [4.78, 5) is 24.4. The van der Waals surface area contributed by atoms with Gasteiger partial charge in [-0.1, -0.05) is 30.3 Å². The van der Waals surface area contributed by atoms with Gasteiger partial charge in [-0.05, 0) is 25.7 Å². The molecule has 9 heteroatoms. The molecule has 2 heterocycles. The van der Waals surface area contributed by atoms with Crippen LogP contribution in [-0.4, -0.2) is 73.0 Å². The van der Waals surface area contributed by atoms with Gasteiger partial charge >= 0.3 is 0 Å². The summed E-state index contributed by atoms with van der Waals surface area (Å²) in [5.41, 5.74) is 2.87. The number of hydrogen-bond acceptors (Lipinski definition) is 6. The first kappa shape index (κ1) is 21.7. The van der Waals surface area contributed by atoms with Crippen LogP contribution in [0, 0.1) is 5.92 Å². The lowest BCUT2D eigenvalue weighted by Gasteiger charge is -2.35.